The first-order valence-corrected chi connectivity index (χ1v) is 14.5. The summed E-state index contributed by atoms with van der Waals surface area (Å²) in [7, 11) is 1.66. The Balaban J connectivity index is 1.37. The van der Waals surface area contributed by atoms with Crippen LogP contribution in [0.5, 0.6) is 0 Å². The molecule has 3 amide bonds. The van der Waals surface area contributed by atoms with Crippen molar-refractivity contribution in [2.45, 2.75) is 55.5 Å². The number of carboxylic acids is 1. The van der Waals surface area contributed by atoms with E-state index in [1.54, 1.807) is 20.9 Å². The normalized spacial score (nSPS) is 19.7. The highest BCUT2D eigenvalue weighted by atomic mass is 32.2. The van der Waals surface area contributed by atoms with Crippen molar-refractivity contribution in [3.8, 4) is 0 Å². The number of fused-ring (bicyclic) bond motifs is 1. The van der Waals surface area contributed by atoms with E-state index in [2.05, 4.69) is 31.1 Å². The van der Waals surface area contributed by atoms with Crippen molar-refractivity contribution in [2.75, 3.05) is 16.8 Å². The molecule has 4 rings (SSSR count). The van der Waals surface area contributed by atoms with E-state index < -0.39 is 47.0 Å². The molecule has 39 heavy (non-hydrogen) atoms. The van der Waals surface area contributed by atoms with Gasteiger partial charge in [0, 0.05) is 23.9 Å². The van der Waals surface area contributed by atoms with Gasteiger partial charge in [-0.2, -0.15) is 0 Å². The molecule has 1 saturated heterocycles. The highest BCUT2D eigenvalue weighted by molar-refractivity contribution is 8.01. The number of carbonyl (C=O) groups excluding carboxylic acids is 3. The topological polar surface area (TPSA) is 202 Å². The number of hydrogen-bond donors (Lipinski definition) is 4. The second-order valence-corrected chi connectivity index (χ2v) is 12.0. The van der Waals surface area contributed by atoms with Crippen molar-refractivity contribution in [3.63, 3.8) is 0 Å². The Hall–Kier alpha value is -3.22. The van der Waals surface area contributed by atoms with Gasteiger partial charge in [-0.1, -0.05) is 18.7 Å². The predicted octanol–water partition coefficient (Wildman–Crippen LogP) is 0.968. The van der Waals surface area contributed by atoms with Gasteiger partial charge in [0.1, 0.15) is 22.7 Å². The molecule has 2 unspecified atom stereocenters. The fraction of sp³-hybridized carbons (Fsp3) is 0.524. The quantitative estimate of drug-likeness (QED) is 0.223. The number of thiazole rings is 1. The van der Waals surface area contributed by atoms with Crippen LogP contribution >= 0.6 is 34.9 Å². The second kappa shape index (κ2) is 11.5. The summed E-state index contributed by atoms with van der Waals surface area (Å²) in [6.07, 6.45) is -1.83. The van der Waals surface area contributed by atoms with E-state index in [1.807, 2.05) is 6.92 Å². The van der Waals surface area contributed by atoms with Gasteiger partial charge >= 0.3 is 12.1 Å². The Morgan fingerprint density at radius 2 is 2.10 bits per heavy atom. The number of anilines is 1. The Labute approximate surface area is 234 Å². The molecule has 210 valence electrons. The van der Waals surface area contributed by atoms with Gasteiger partial charge in [-0.05, 0) is 36.3 Å². The van der Waals surface area contributed by atoms with E-state index in [-0.39, 0.29) is 22.3 Å². The molecule has 0 aliphatic carbocycles. The summed E-state index contributed by atoms with van der Waals surface area (Å²) >= 11 is 3.54. The van der Waals surface area contributed by atoms with Crippen LogP contribution in [0.2, 0.25) is 0 Å². The number of aliphatic carboxylic acids is 1. The third-order valence-electron chi connectivity index (χ3n) is 5.98. The summed E-state index contributed by atoms with van der Waals surface area (Å²) in [5.74, 6) is -2.16. The number of β-lactam (4-membered cyclic amide) rings is 1. The zero-order valence-corrected chi connectivity index (χ0v) is 23.7. The van der Waals surface area contributed by atoms with Crippen LogP contribution in [0.4, 0.5) is 9.93 Å². The van der Waals surface area contributed by atoms with Gasteiger partial charge in [0.25, 0.3) is 11.8 Å². The van der Waals surface area contributed by atoms with Crippen LogP contribution in [-0.2, 0) is 26.2 Å². The van der Waals surface area contributed by atoms with Crippen LogP contribution in [0.15, 0.2) is 21.8 Å². The van der Waals surface area contributed by atoms with Crippen LogP contribution in [0, 0.1) is 0 Å². The Bertz CT molecular complexity index is 1330. The van der Waals surface area contributed by atoms with Crippen molar-refractivity contribution in [1.82, 2.24) is 35.4 Å². The molecule has 4 heterocycles. The number of tetrazole rings is 1. The molecule has 18 heteroatoms. The van der Waals surface area contributed by atoms with Gasteiger partial charge in [0.05, 0.1) is 5.69 Å². The lowest BCUT2D eigenvalue weighted by Crippen LogP contribution is -2.70. The molecule has 3 atom stereocenters. The van der Waals surface area contributed by atoms with Gasteiger partial charge < -0.3 is 20.3 Å². The fourth-order valence-electron chi connectivity index (χ4n) is 3.56. The molecule has 15 nitrogen and oxygen atoms in total. The molecular weight excluding hydrogens is 572 g/mol. The van der Waals surface area contributed by atoms with Gasteiger partial charge in [-0.3, -0.25) is 19.8 Å². The first kappa shape index (κ1) is 28.8. The lowest BCUT2D eigenvalue weighted by atomic mass is 10.0. The Morgan fingerprint density at radius 3 is 2.74 bits per heavy atom. The minimum atomic E-state index is -1.71. The molecule has 0 saturated carbocycles. The van der Waals surface area contributed by atoms with Crippen LogP contribution in [0.3, 0.4) is 0 Å². The van der Waals surface area contributed by atoms with E-state index in [1.165, 1.54) is 33.6 Å². The molecule has 0 aromatic carbocycles. The average Bonchev–Trinajstić information content (AvgIpc) is 3.52. The smallest absolute Gasteiger partial charge is 0.413 e. The largest absolute Gasteiger partial charge is 0.477 e. The summed E-state index contributed by atoms with van der Waals surface area (Å²) in [5, 5.41) is 37.8. The first-order chi connectivity index (χ1) is 18.4. The number of rotatable bonds is 10. The van der Waals surface area contributed by atoms with Crippen molar-refractivity contribution in [2.24, 2.45) is 7.05 Å². The highest BCUT2D eigenvalue weighted by Crippen LogP contribution is 2.41. The fourth-order valence-corrected chi connectivity index (χ4v) is 6.61. The summed E-state index contributed by atoms with van der Waals surface area (Å²) in [5.41, 5.74) is -0.303. The number of thioether (sulfide) groups is 2. The molecule has 1 fully saturated rings. The minimum Gasteiger partial charge on any atom is -0.477 e. The second-order valence-electron chi connectivity index (χ2n) is 9.13. The van der Waals surface area contributed by atoms with E-state index in [4.69, 9.17) is 4.74 Å². The van der Waals surface area contributed by atoms with Crippen LogP contribution in [0.1, 0.15) is 39.0 Å². The van der Waals surface area contributed by atoms with E-state index in [0.717, 1.165) is 16.2 Å². The zero-order chi connectivity index (χ0) is 28.5. The molecule has 0 spiro atoms. The number of amides is 3. The number of carbonyl (C=O) groups is 4. The van der Waals surface area contributed by atoms with Crippen molar-refractivity contribution < 1.29 is 34.1 Å². The molecular formula is C21H26N8O7S3. The predicted molar refractivity (Wildman–Crippen MR) is 141 cm³/mol. The highest BCUT2D eigenvalue weighted by Gasteiger charge is 2.54. The van der Waals surface area contributed by atoms with Crippen LogP contribution < -0.4 is 10.6 Å². The maximum absolute atomic E-state index is 12.9. The van der Waals surface area contributed by atoms with E-state index in [0.29, 0.717) is 22.9 Å². The number of ether oxygens (including phenoxy) is 1. The summed E-state index contributed by atoms with van der Waals surface area (Å²) in [6.45, 7) is 5.39. The Morgan fingerprint density at radius 1 is 1.36 bits per heavy atom. The number of aryl methyl sites for hydroxylation is 1. The molecule has 2 aliphatic heterocycles. The lowest BCUT2D eigenvalue weighted by Gasteiger charge is -2.49. The number of carboxylic acid groups (broad SMARTS) is 1. The lowest BCUT2D eigenvalue weighted by molar-refractivity contribution is -0.151. The van der Waals surface area contributed by atoms with Crippen LogP contribution in [0.25, 0.3) is 0 Å². The number of nitrogens with zero attached hydrogens (tertiary/aromatic N) is 6. The molecule has 0 radical (unpaired) electrons. The first-order valence-electron chi connectivity index (χ1n) is 11.6. The number of aliphatic hydroxyl groups excluding tert-OH is 1. The van der Waals surface area contributed by atoms with Gasteiger partial charge in [-0.15, -0.1) is 28.2 Å². The van der Waals surface area contributed by atoms with Gasteiger partial charge in [0.2, 0.25) is 5.16 Å². The third kappa shape index (κ3) is 6.18. The molecule has 2 aromatic heterocycles. The minimum absolute atomic E-state index is 0.0221. The van der Waals surface area contributed by atoms with Gasteiger partial charge in [0.15, 0.2) is 11.2 Å². The standard InChI is InChI=1S/C21H26N8O7S3/c1-5-21(2,3)36-20(35)24-18-22-10(8-38-18)13(30)14(31)23-11-15(32)29-12(17(33)34)9(6-37-16(11)29)7-39-19-25-26-27-28(19)4/h8,11,13,16,30H,5-7H2,1-4H3,(H,23,31)(H,33,34)(H,22,24,35)/t11?,13?,16-/m0/s1. The number of nitrogens with one attached hydrogen (secondary N) is 2. The third-order valence-corrected chi connectivity index (χ3v) is 9.20. The number of aromatic nitrogens is 5. The van der Waals surface area contributed by atoms with Crippen molar-refractivity contribution in [1.29, 1.82) is 0 Å². The molecule has 0 bridgehead atoms. The number of aliphatic hydroxyl groups is 1. The van der Waals surface area contributed by atoms with E-state index >= 15 is 0 Å². The zero-order valence-electron chi connectivity index (χ0n) is 21.3. The molecule has 2 aliphatic rings. The summed E-state index contributed by atoms with van der Waals surface area (Å²) in [4.78, 5) is 54.9. The van der Waals surface area contributed by atoms with Crippen LogP contribution in [-0.4, -0.2) is 92.7 Å². The molecule has 2 aromatic rings. The monoisotopic (exact) mass is 598 g/mol. The number of hydrogen-bond acceptors (Lipinski definition) is 13. The van der Waals surface area contributed by atoms with E-state index in [9.17, 15) is 29.4 Å². The van der Waals surface area contributed by atoms with Crippen molar-refractivity contribution in [3.05, 3.63) is 22.3 Å². The maximum atomic E-state index is 12.9. The SMILES string of the molecule is CCC(C)(C)OC(=O)Nc1nc(C(O)C(=O)NC2C(=O)N3C(C(=O)O)=C(CSc4nnnn4C)CS[C@@H]23)cs1. The maximum Gasteiger partial charge on any atom is 0.413 e. The summed E-state index contributed by atoms with van der Waals surface area (Å²) < 4.78 is 6.75. The summed E-state index contributed by atoms with van der Waals surface area (Å²) in [6, 6.07) is -1.02. The molecule has 4 N–H and O–H groups in total. The van der Waals surface area contributed by atoms with Gasteiger partial charge in [-0.25, -0.2) is 19.3 Å². The van der Waals surface area contributed by atoms with Crippen molar-refractivity contribution >= 4 is 63.9 Å². The Kier molecular flexibility index (Phi) is 8.48. The average molecular weight is 599 g/mol.